The predicted octanol–water partition coefficient (Wildman–Crippen LogP) is 4.20. The number of carbonyl (C=O) groups excluding carboxylic acids is 2. The number of anilines is 1. The largest absolute Gasteiger partial charge is 0.496 e. The van der Waals surface area contributed by atoms with Gasteiger partial charge in [0.05, 0.1) is 12.7 Å². The number of carbonyl (C=O) groups is 2. The standard InChI is InChI=1S/C19H18ClIN2O3/c1-26-17-8-7-12(20)10-15(17)19(25)23-9-3-6-16(23)18(24)22-14-5-2-4-13(21)11-14/h2,4-5,7-8,10-11,16H,3,6,9H2,1H3,(H,22,24). The molecule has 3 rings (SSSR count). The number of likely N-dealkylation sites (tertiary alicyclic amines) is 1. The minimum absolute atomic E-state index is 0.182. The number of methoxy groups -OCH3 is 1. The van der Waals surface area contributed by atoms with Crippen molar-refractivity contribution < 1.29 is 14.3 Å². The van der Waals surface area contributed by atoms with E-state index in [1.807, 2.05) is 24.3 Å². The first-order valence-corrected chi connectivity index (χ1v) is 9.66. The highest BCUT2D eigenvalue weighted by molar-refractivity contribution is 14.1. The van der Waals surface area contributed by atoms with Crippen LogP contribution in [0.3, 0.4) is 0 Å². The molecule has 0 aliphatic carbocycles. The summed E-state index contributed by atoms with van der Waals surface area (Å²) in [6.07, 6.45) is 1.41. The normalized spacial score (nSPS) is 16.4. The topological polar surface area (TPSA) is 58.6 Å². The molecule has 26 heavy (non-hydrogen) atoms. The number of hydrogen-bond acceptors (Lipinski definition) is 3. The summed E-state index contributed by atoms with van der Waals surface area (Å²) in [5.74, 6) is 0.0200. The molecule has 2 amide bonds. The van der Waals surface area contributed by atoms with Gasteiger partial charge in [-0.25, -0.2) is 0 Å². The maximum atomic E-state index is 13.0. The summed E-state index contributed by atoms with van der Waals surface area (Å²) >= 11 is 8.23. The highest BCUT2D eigenvalue weighted by Crippen LogP contribution is 2.28. The second-order valence-electron chi connectivity index (χ2n) is 6.00. The van der Waals surface area contributed by atoms with Crippen molar-refractivity contribution in [3.63, 3.8) is 0 Å². The lowest BCUT2D eigenvalue weighted by molar-refractivity contribution is -0.119. The van der Waals surface area contributed by atoms with E-state index < -0.39 is 6.04 Å². The second-order valence-corrected chi connectivity index (χ2v) is 7.68. The van der Waals surface area contributed by atoms with Crippen LogP contribution in [0.25, 0.3) is 0 Å². The second kappa shape index (κ2) is 8.26. The van der Waals surface area contributed by atoms with Gasteiger partial charge in [-0.05, 0) is 71.8 Å². The van der Waals surface area contributed by atoms with Crippen LogP contribution < -0.4 is 10.1 Å². The van der Waals surface area contributed by atoms with Crippen molar-refractivity contribution in [3.8, 4) is 5.75 Å². The van der Waals surface area contributed by atoms with Crippen molar-refractivity contribution in [3.05, 3.63) is 56.6 Å². The molecule has 1 aliphatic rings. The fraction of sp³-hybridized carbons (Fsp3) is 0.263. The molecule has 136 valence electrons. The van der Waals surface area contributed by atoms with Crippen molar-refractivity contribution >= 4 is 51.7 Å². The monoisotopic (exact) mass is 484 g/mol. The molecule has 0 aromatic heterocycles. The number of benzene rings is 2. The molecule has 1 N–H and O–H groups in total. The third kappa shape index (κ3) is 4.12. The Bertz CT molecular complexity index is 843. The van der Waals surface area contributed by atoms with E-state index in [1.165, 1.54) is 7.11 Å². The van der Waals surface area contributed by atoms with Crippen LogP contribution in [0.2, 0.25) is 5.02 Å². The van der Waals surface area contributed by atoms with Crippen molar-refractivity contribution in [1.29, 1.82) is 0 Å². The first-order chi connectivity index (χ1) is 12.5. The Morgan fingerprint density at radius 3 is 2.81 bits per heavy atom. The summed E-state index contributed by atoms with van der Waals surface area (Å²) in [5.41, 5.74) is 1.09. The predicted molar refractivity (Wildman–Crippen MR) is 110 cm³/mol. The van der Waals surface area contributed by atoms with Gasteiger partial charge in [-0.2, -0.15) is 0 Å². The van der Waals surface area contributed by atoms with Gasteiger partial charge in [0.1, 0.15) is 11.8 Å². The van der Waals surface area contributed by atoms with E-state index in [-0.39, 0.29) is 11.8 Å². The Hall–Kier alpha value is -1.80. The molecule has 1 saturated heterocycles. The molecule has 1 atom stereocenters. The number of halogens is 2. The lowest BCUT2D eigenvalue weighted by atomic mass is 10.1. The van der Waals surface area contributed by atoms with E-state index in [2.05, 4.69) is 27.9 Å². The van der Waals surface area contributed by atoms with Gasteiger partial charge < -0.3 is 15.0 Å². The SMILES string of the molecule is COc1ccc(Cl)cc1C(=O)N1CCCC1C(=O)Nc1cccc(I)c1. The molecule has 1 fully saturated rings. The number of nitrogens with zero attached hydrogens (tertiary/aromatic N) is 1. The number of nitrogens with one attached hydrogen (secondary N) is 1. The van der Waals surface area contributed by atoms with Crippen LogP contribution in [0.5, 0.6) is 5.75 Å². The molecule has 2 aromatic carbocycles. The number of ether oxygens (including phenoxy) is 1. The van der Waals surface area contributed by atoms with Gasteiger partial charge in [-0.15, -0.1) is 0 Å². The molecule has 7 heteroatoms. The Labute approximate surface area is 170 Å². The Balaban J connectivity index is 1.80. The van der Waals surface area contributed by atoms with E-state index in [0.29, 0.717) is 29.3 Å². The van der Waals surface area contributed by atoms with Crippen molar-refractivity contribution in [2.24, 2.45) is 0 Å². The summed E-state index contributed by atoms with van der Waals surface area (Å²) in [6, 6.07) is 12.0. The van der Waals surface area contributed by atoms with Gasteiger partial charge in [0, 0.05) is 20.8 Å². The number of amides is 2. The quantitative estimate of drug-likeness (QED) is 0.662. The van der Waals surface area contributed by atoms with Gasteiger partial charge in [0.25, 0.3) is 5.91 Å². The van der Waals surface area contributed by atoms with Crippen LogP contribution in [-0.4, -0.2) is 36.4 Å². The Morgan fingerprint density at radius 1 is 1.27 bits per heavy atom. The molecular weight excluding hydrogens is 467 g/mol. The fourth-order valence-electron chi connectivity index (χ4n) is 3.08. The van der Waals surface area contributed by atoms with Crippen molar-refractivity contribution in [2.45, 2.75) is 18.9 Å². The molecule has 1 heterocycles. The smallest absolute Gasteiger partial charge is 0.258 e. The van der Waals surface area contributed by atoms with E-state index >= 15 is 0 Å². The van der Waals surface area contributed by atoms with Crippen LogP contribution in [0.1, 0.15) is 23.2 Å². The average molecular weight is 485 g/mol. The first kappa shape index (κ1) is 19.0. The van der Waals surface area contributed by atoms with Crippen LogP contribution >= 0.6 is 34.2 Å². The van der Waals surface area contributed by atoms with Crippen molar-refractivity contribution in [1.82, 2.24) is 4.90 Å². The third-order valence-electron chi connectivity index (χ3n) is 4.30. The van der Waals surface area contributed by atoms with E-state index in [9.17, 15) is 9.59 Å². The van der Waals surface area contributed by atoms with Crippen LogP contribution in [0, 0.1) is 3.57 Å². The van der Waals surface area contributed by atoms with Gasteiger partial charge in [-0.1, -0.05) is 17.7 Å². The highest BCUT2D eigenvalue weighted by Gasteiger charge is 2.35. The minimum Gasteiger partial charge on any atom is -0.496 e. The van der Waals surface area contributed by atoms with Crippen molar-refractivity contribution in [2.75, 3.05) is 19.0 Å². The first-order valence-electron chi connectivity index (χ1n) is 8.20. The summed E-state index contributed by atoms with van der Waals surface area (Å²) in [7, 11) is 1.51. The van der Waals surface area contributed by atoms with Gasteiger partial charge in [0.15, 0.2) is 0 Å². The van der Waals surface area contributed by atoms with Crippen LogP contribution in [-0.2, 0) is 4.79 Å². The molecule has 1 unspecified atom stereocenters. The Morgan fingerprint density at radius 2 is 2.08 bits per heavy atom. The molecule has 0 saturated carbocycles. The Kier molecular flexibility index (Phi) is 6.03. The molecule has 0 radical (unpaired) electrons. The van der Waals surface area contributed by atoms with Crippen LogP contribution in [0.4, 0.5) is 5.69 Å². The van der Waals surface area contributed by atoms with E-state index in [0.717, 1.165) is 15.7 Å². The van der Waals surface area contributed by atoms with E-state index in [4.69, 9.17) is 16.3 Å². The van der Waals surface area contributed by atoms with E-state index in [1.54, 1.807) is 23.1 Å². The van der Waals surface area contributed by atoms with Crippen LogP contribution in [0.15, 0.2) is 42.5 Å². The zero-order valence-electron chi connectivity index (χ0n) is 14.2. The average Bonchev–Trinajstić information content (AvgIpc) is 3.11. The molecular formula is C19H18ClIN2O3. The third-order valence-corrected chi connectivity index (χ3v) is 5.21. The fourth-order valence-corrected chi connectivity index (χ4v) is 3.79. The summed E-state index contributed by atoms with van der Waals surface area (Å²) in [5, 5.41) is 3.36. The molecule has 5 nitrogen and oxygen atoms in total. The molecule has 2 aromatic rings. The zero-order chi connectivity index (χ0) is 18.7. The summed E-state index contributed by atoms with van der Waals surface area (Å²) < 4.78 is 6.31. The maximum Gasteiger partial charge on any atom is 0.258 e. The number of rotatable bonds is 4. The maximum absolute atomic E-state index is 13.0. The minimum atomic E-state index is -0.510. The summed E-state index contributed by atoms with van der Waals surface area (Å²) in [6.45, 7) is 0.527. The highest BCUT2D eigenvalue weighted by atomic mass is 127. The lowest BCUT2D eigenvalue weighted by Crippen LogP contribution is -2.43. The van der Waals surface area contributed by atoms with Gasteiger partial charge >= 0.3 is 0 Å². The summed E-state index contributed by atoms with van der Waals surface area (Å²) in [4.78, 5) is 27.3. The molecule has 0 spiro atoms. The lowest BCUT2D eigenvalue weighted by Gasteiger charge is -2.25. The molecule has 1 aliphatic heterocycles. The number of hydrogen-bond donors (Lipinski definition) is 1. The van der Waals surface area contributed by atoms with Gasteiger partial charge in [0.2, 0.25) is 5.91 Å². The molecule has 0 bridgehead atoms. The van der Waals surface area contributed by atoms with Gasteiger partial charge in [-0.3, -0.25) is 9.59 Å². The zero-order valence-corrected chi connectivity index (χ0v) is 17.1.